The van der Waals surface area contributed by atoms with E-state index in [-0.39, 0.29) is 11.3 Å². The van der Waals surface area contributed by atoms with E-state index in [2.05, 4.69) is 20.6 Å². The van der Waals surface area contributed by atoms with Crippen LogP contribution in [0.1, 0.15) is 15.9 Å². The van der Waals surface area contributed by atoms with E-state index in [0.29, 0.717) is 17.1 Å². The van der Waals surface area contributed by atoms with Crippen molar-refractivity contribution in [3.05, 3.63) is 106 Å². The van der Waals surface area contributed by atoms with E-state index < -0.39 is 10.8 Å². The third-order valence-electron chi connectivity index (χ3n) is 4.90. The fraction of sp³-hybridized carbons (Fsp3) is 0.0417. The number of carbonyl (C=O) groups is 1. The van der Waals surface area contributed by atoms with Gasteiger partial charge < -0.3 is 10.6 Å². The molecule has 0 bridgehead atoms. The summed E-state index contributed by atoms with van der Waals surface area (Å²) in [6.45, 7) is 1.56. The van der Waals surface area contributed by atoms with Crippen LogP contribution in [-0.4, -0.2) is 20.8 Å². The van der Waals surface area contributed by atoms with Gasteiger partial charge in [-0.05, 0) is 37.3 Å². The molecule has 158 valence electrons. The SMILES string of the molecule is Cc1c(C(=O)Nc2ccc(Nc3cc(-c4ccccc4)ncn3)cc2)cccc1[N+](=O)[O-]. The molecule has 0 atom stereocenters. The highest BCUT2D eigenvalue weighted by Crippen LogP contribution is 2.24. The Morgan fingerprint density at radius 3 is 2.34 bits per heavy atom. The van der Waals surface area contributed by atoms with Crippen molar-refractivity contribution in [3.63, 3.8) is 0 Å². The van der Waals surface area contributed by atoms with Crippen LogP contribution in [0.15, 0.2) is 85.2 Å². The molecule has 0 fully saturated rings. The maximum Gasteiger partial charge on any atom is 0.273 e. The largest absolute Gasteiger partial charge is 0.340 e. The van der Waals surface area contributed by atoms with Crippen LogP contribution in [0, 0.1) is 17.0 Å². The molecule has 4 aromatic rings. The minimum atomic E-state index is -0.497. The molecule has 32 heavy (non-hydrogen) atoms. The molecule has 0 aliphatic heterocycles. The van der Waals surface area contributed by atoms with Crippen molar-refractivity contribution in [1.82, 2.24) is 9.97 Å². The fourth-order valence-electron chi connectivity index (χ4n) is 3.24. The van der Waals surface area contributed by atoms with Crippen molar-refractivity contribution in [3.8, 4) is 11.3 Å². The highest BCUT2D eigenvalue weighted by Gasteiger charge is 2.18. The van der Waals surface area contributed by atoms with E-state index in [1.807, 2.05) is 36.4 Å². The molecule has 0 saturated heterocycles. The van der Waals surface area contributed by atoms with Gasteiger partial charge in [0.1, 0.15) is 12.1 Å². The topological polar surface area (TPSA) is 110 Å². The molecule has 1 aromatic heterocycles. The summed E-state index contributed by atoms with van der Waals surface area (Å²) in [6, 6.07) is 23.2. The fourth-order valence-corrected chi connectivity index (χ4v) is 3.24. The predicted molar refractivity (Wildman–Crippen MR) is 123 cm³/mol. The zero-order valence-corrected chi connectivity index (χ0v) is 17.1. The average Bonchev–Trinajstić information content (AvgIpc) is 2.81. The van der Waals surface area contributed by atoms with E-state index in [4.69, 9.17) is 0 Å². The summed E-state index contributed by atoms with van der Waals surface area (Å²) in [4.78, 5) is 31.8. The maximum absolute atomic E-state index is 12.6. The van der Waals surface area contributed by atoms with Crippen molar-refractivity contribution in [2.75, 3.05) is 10.6 Å². The molecule has 3 aromatic carbocycles. The maximum atomic E-state index is 12.6. The molecule has 4 rings (SSSR count). The number of aromatic nitrogens is 2. The minimum Gasteiger partial charge on any atom is -0.340 e. The quantitative estimate of drug-likeness (QED) is 0.318. The van der Waals surface area contributed by atoms with Gasteiger partial charge in [-0.1, -0.05) is 36.4 Å². The van der Waals surface area contributed by atoms with Gasteiger partial charge >= 0.3 is 0 Å². The molecule has 0 aliphatic carbocycles. The van der Waals surface area contributed by atoms with Crippen LogP contribution in [0.5, 0.6) is 0 Å². The normalized spacial score (nSPS) is 10.4. The Balaban J connectivity index is 1.46. The number of rotatable bonds is 6. The van der Waals surface area contributed by atoms with Crippen LogP contribution in [0.4, 0.5) is 22.9 Å². The summed E-state index contributed by atoms with van der Waals surface area (Å²) in [5.41, 5.74) is 3.65. The van der Waals surface area contributed by atoms with Crippen molar-refractivity contribution in [2.45, 2.75) is 6.92 Å². The molecule has 1 heterocycles. The Morgan fingerprint density at radius 1 is 0.906 bits per heavy atom. The van der Waals surface area contributed by atoms with Gasteiger partial charge in [0.05, 0.1) is 10.6 Å². The second-order valence-corrected chi connectivity index (χ2v) is 7.02. The summed E-state index contributed by atoms with van der Waals surface area (Å²) in [5, 5.41) is 17.1. The van der Waals surface area contributed by atoms with E-state index in [0.717, 1.165) is 16.9 Å². The Bertz CT molecular complexity index is 1270. The van der Waals surface area contributed by atoms with Gasteiger partial charge in [0.15, 0.2) is 0 Å². The van der Waals surface area contributed by atoms with E-state index in [1.54, 1.807) is 37.3 Å². The summed E-state index contributed by atoms with van der Waals surface area (Å²) in [7, 11) is 0. The summed E-state index contributed by atoms with van der Waals surface area (Å²) < 4.78 is 0. The first-order chi connectivity index (χ1) is 15.5. The molecule has 0 saturated carbocycles. The molecule has 0 unspecified atom stereocenters. The number of benzene rings is 3. The minimum absolute atomic E-state index is 0.0862. The number of nitrogens with one attached hydrogen (secondary N) is 2. The summed E-state index contributed by atoms with van der Waals surface area (Å²) in [5.74, 6) is 0.234. The van der Waals surface area contributed by atoms with E-state index in [1.165, 1.54) is 18.5 Å². The smallest absolute Gasteiger partial charge is 0.273 e. The standard InChI is InChI=1S/C24H19N5O3/c1-16-20(8-5-9-22(16)29(31)32)24(30)28-19-12-10-18(11-13-19)27-23-14-21(25-15-26-23)17-6-3-2-4-7-17/h2-15H,1H3,(H,28,30)(H,25,26,27). The Labute approximate surface area is 184 Å². The highest BCUT2D eigenvalue weighted by atomic mass is 16.6. The van der Waals surface area contributed by atoms with Crippen molar-refractivity contribution < 1.29 is 9.72 Å². The van der Waals surface area contributed by atoms with Gasteiger partial charge in [-0.2, -0.15) is 0 Å². The summed E-state index contributed by atoms with van der Waals surface area (Å²) >= 11 is 0. The number of hydrogen-bond donors (Lipinski definition) is 2. The zero-order chi connectivity index (χ0) is 22.5. The third-order valence-corrected chi connectivity index (χ3v) is 4.90. The van der Waals surface area contributed by atoms with Crippen LogP contribution in [0.25, 0.3) is 11.3 Å². The highest BCUT2D eigenvalue weighted by molar-refractivity contribution is 6.05. The van der Waals surface area contributed by atoms with Crippen LogP contribution in [0.3, 0.4) is 0 Å². The number of hydrogen-bond acceptors (Lipinski definition) is 6. The molecular weight excluding hydrogens is 406 g/mol. The van der Waals surface area contributed by atoms with Crippen LogP contribution in [-0.2, 0) is 0 Å². The van der Waals surface area contributed by atoms with Gasteiger partial charge in [-0.25, -0.2) is 9.97 Å². The first-order valence-corrected chi connectivity index (χ1v) is 9.81. The van der Waals surface area contributed by atoms with Crippen LogP contribution in [0.2, 0.25) is 0 Å². The third kappa shape index (κ3) is 4.59. The van der Waals surface area contributed by atoms with Gasteiger partial charge in [-0.15, -0.1) is 0 Å². The number of carbonyl (C=O) groups excluding carboxylic acids is 1. The molecule has 0 radical (unpaired) electrons. The van der Waals surface area contributed by atoms with Crippen molar-refractivity contribution in [2.24, 2.45) is 0 Å². The van der Waals surface area contributed by atoms with Crippen molar-refractivity contribution >= 4 is 28.8 Å². The van der Waals surface area contributed by atoms with Gasteiger partial charge in [-0.3, -0.25) is 14.9 Å². The first kappa shape index (κ1) is 20.7. The number of nitrogens with zero attached hydrogens (tertiary/aromatic N) is 3. The average molecular weight is 425 g/mol. The lowest BCUT2D eigenvalue weighted by atomic mass is 10.1. The Hall–Kier alpha value is -4.59. The van der Waals surface area contributed by atoms with Gasteiger partial charge in [0.2, 0.25) is 0 Å². The monoisotopic (exact) mass is 425 g/mol. The molecule has 0 spiro atoms. The molecular formula is C24H19N5O3. The number of nitro groups is 1. The predicted octanol–water partition coefficient (Wildman–Crippen LogP) is 5.36. The molecule has 8 heteroatoms. The lowest BCUT2D eigenvalue weighted by Gasteiger charge is -2.10. The second-order valence-electron chi connectivity index (χ2n) is 7.02. The van der Waals surface area contributed by atoms with Gasteiger partial charge in [0.25, 0.3) is 11.6 Å². The van der Waals surface area contributed by atoms with Gasteiger partial charge in [0, 0.05) is 40.2 Å². The lowest BCUT2D eigenvalue weighted by molar-refractivity contribution is -0.385. The van der Waals surface area contributed by atoms with E-state index >= 15 is 0 Å². The Morgan fingerprint density at radius 2 is 1.62 bits per heavy atom. The second kappa shape index (κ2) is 9.05. The molecule has 1 amide bonds. The Kier molecular flexibility index (Phi) is 5.85. The first-order valence-electron chi connectivity index (χ1n) is 9.81. The number of anilines is 3. The lowest BCUT2D eigenvalue weighted by Crippen LogP contribution is -2.14. The van der Waals surface area contributed by atoms with E-state index in [9.17, 15) is 14.9 Å². The number of amides is 1. The van der Waals surface area contributed by atoms with Crippen LogP contribution >= 0.6 is 0 Å². The van der Waals surface area contributed by atoms with Crippen molar-refractivity contribution in [1.29, 1.82) is 0 Å². The van der Waals surface area contributed by atoms with Crippen LogP contribution < -0.4 is 10.6 Å². The molecule has 8 nitrogen and oxygen atoms in total. The summed E-state index contributed by atoms with van der Waals surface area (Å²) in [6.07, 6.45) is 1.50. The molecule has 0 aliphatic rings. The molecule has 2 N–H and O–H groups in total. The zero-order valence-electron chi connectivity index (χ0n) is 17.1. The number of nitro benzene ring substituents is 1.